The molecule has 1 aliphatic rings. The number of carbonyl (C=O) groups excluding carboxylic acids is 1. The highest BCUT2D eigenvalue weighted by atomic mass is 35.5. The van der Waals surface area contributed by atoms with Crippen LogP contribution in [0.25, 0.3) is 0 Å². The molecular weight excluding hydrogens is 243 g/mol. The minimum absolute atomic E-state index is 0. The Morgan fingerprint density at radius 3 is 2.47 bits per heavy atom. The van der Waals surface area contributed by atoms with E-state index in [-0.39, 0.29) is 24.1 Å². The molecule has 5 heteroatoms. The Morgan fingerprint density at radius 1 is 1.24 bits per heavy atom. The Balaban J connectivity index is 0.00000144. The third-order valence-corrected chi connectivity index (χ3v) is 2.86. The molecule has 0 spiro atoms. The van der Waals surface area contributed by atoms with Crippen LogP contribution in [-0.2, 0) is 0 Å². The molecule has 1 aromatic carbocycles. The summed E-state index contributed by atoms with van der Waals surface area (Å²) in [7, 11) is 2.03. The van der Waals surface area contributed by atoms with Crippen LogP contribution >= 0.6 is 12.4 Å². The molecular formula is C12H16ClFN2O. The van der Waals surface area contributed by atoms with E-state index in [0.717, 1.165) is 13.1 Å². The number of amides is 1. The van der Waals surface area contributed by atoms with Gasteiger partial charge in [0.2, 0.25) is 0 Å². The van der Waals surface area contributed by atoms with E-state index in [1.807, 2.05) is 7.05 Å². The van der Waals surface area contributed by atoms with Gasteiger partial charge in [0.25, 0.3) is 5.91 Å². The van der Waals surface area contributed by atoms with Gasteiger partial charge in [0, 0.05) is 31.7 Å². The largest absolute Gasteiger partial charge is 0.336 e. The average molecular weight is 259 g/mol. The van der Waals surface area contributed by atoms with Crippen molar-refractivity contribution >= 4 is 18.3 Å². The molecule has 0 unspecified atom stereocenters. The van der Waals surface area contributed by atoms with Crippen LogP contribution in [0.15, 0.2) is 24.3 Å². The molecule has 3 nitrogen and oxygen atoms in total. The summed E-state index contributed by atoms with van der Waals surface area (Å²) in [6, 6.07) is 5.86. The van der Waals surface area contributed by atoms with Crippen LogP contribution in [0, 0.1) is 5.82 Å². The van der Waals surface area contributed by atoms with Crippen molar-refractivity contribution < 1.29 is 9.18 Å². The summed E-state index contributed by atoms with van der Waals surface area (Å²) in [4.78, 5) is 15.9. The van der Waals surface area contributed by atoms with Crippen molar-refractivity contribution in [1.29, 1.82) is 0 Å². The fraction of sp³-hybridized carbons (Fsp3) is 0.417. The van der Waals surface area contributed by atoms with Gasteiger partial charge in [-0.15, -0.1) is 12.4 Å². The predicted octanol–water partition coefficient (Wildman–Crippen LogP) is 1.64. The summed E-state index contributed by atoms with van der Waals surface area (Å²) in [5.74, 6) is -0.437. The molecule has 0 atom stereocenters. The van der Waals surface area contributed by atoms with E-state index in [1.54, 1.807) is 17.0 Å². The van der Waals surface area contributed by atoms with Crippen molar-refractivity contribution in [3.63, 3.8) is 0 Å². The number of carbonyl (C=O) groups is 1. The van der Waals surface area contributed by atoms with E-state index in [1.165, 1.54) is 12.1 Å². The van der Waals surface area contributed by atoms with Gasteiger partial charge >= 0.3 is 0 Å². The molecule has 0 N–H and O–H groups in total. The van der Waals surface area contributed by atoms with E-state index in [9.17, 15) is 9.18 Å². The highest BCUT2D eigenvalue weighted by molar-refractivity contribution is 5.94. The number of nitrogens with zero attached hydrogens (tertiary/aromatic N) is 2. The van der Waals surface area contributed by atoms with Crippen LogP contribution in [0.3, 0.4) is 0 Å². The zero-order valence-corrected chi connectivity index (χ0v) is 10.5. The van der Waals surface area contributed by atoms with Crippen LogP contribution in [0.4, 0.5) is 4.39 Å². The van der Waals surface area contributed by atoms with E-state index in [2.05, 4.69) is 4.90 Å². The van der Waals surface area contributed by atoms with Gasteiger partial charge in [-0.25, -0.2) is 4.39 Å². The van der Waals surface area contributed by atoms with E-state index >= 15 is 0 Å². The molecule has 1 fully saturated rings. The van der Waals surface area contributed by atoms with Gasteiger partial charge in [-0.3, -0.25) is 4.79 Å². The third kappa shape index (κ3) is 3.41. The van der Waals surface area contributed by atoms with Gasteiger partial charge < -0.3 is 9.80 Å². The quantitative estimate of drug-likeness (QED) is 0.765. The molecule has 17 heavy (non-hydrogen) atoms. The van der Waals surface area contributed by atoms with E-state index in [0.29, 0.717) is 18.7 Å². The third-order valence-electron chi connectivity index (χ3n) is 2.86. The van der Waals surface area contributed by atoms with E-state index < -0.39 is 0 Å². The number of hydrogen-bond donors (Lipinski definition) is 0. The SMILES string of the molecule is CN1CCN(C(=O)c2cccc(F)c2)CC1.Cl. The highest BCUT2D eigenvalue weighted by Crippen LogP contribution is 2.09. The summed E-state index contributed by atoms with van der Waals surface area (Å²) in [5, 5.41) is 0. The molecule has 1 heterocycles. The lowest BCUT2D eigenvalue weighted by molar-refractivity contribution is 0.0663. The normalized spacial score (nSPS) is 16.5. The molecule has 1 saturated heterocycles. The first-order valence-electron chi connectivity index (χ1n) is 5.40. The Labute approximate surface area is 107 Å². The number of hydrogen-bond acceptors (Lipinski definition) is 2. The Bertz CT molecular complexity index is 392. The smallest absolute Gasteiger partial charge is 0.254 e. The maximum atomic E-state index is 13.0. The fourth-order valence-corrected chi connectivity index (χ4v) is 1.81. The molecule has 1 aromatic rings. The van der Waals surface area contributed by atoms with Crippen molar-refractivity contribution in [3.05, 3.63) is 35.6 Å². The van der Waals surface area contributed by atoms with Crippen molar-refractivity contribution in [2.45, 2.75) is 0 Å². The number of rotatable bonds is 1. The lowest BCUT2D eigenvalue weighted by Crippen LogP contribution is -2.47. The summed E-state index contributed by atoms with van der Waals surface area (Å²) >= 11 is 0. The summed E-state index contributed by atoms with van der Waals surface area (Å²) in [6.45, 7) is 3.18. The number of benzene rings is 1. The van der Waals surface area contributed by atoms with Crippen molar-refractivity contribution in [1.82, 2.24) is 9.80 Å². The summed E-state index contributed by atoms with van der Waals surface area (Å²) < 4.78 is 13.0. The van der Waals surface area contributed by atoms with Crippen LogP contribution in [-0.4, -0.2) is 48.9 Å². The second kappa shape index (κ2) is 5.98. The maximum absolute atomic E-state index is 13.0. The minimum atomic E-state index is -0.361. The van der Waals surface area contributed by atoms with Gasteiger partial charge in [0.15, 0.2) is 0 Å². The predicted molar refractivity (Wildman–Crippen MR) is 67.0 cm³/mol. The highest BCUT2D eigenvalue weighted by Gasteiger charge is 2.20. The standard InChI is InChI=1S/C12H15FN2O.ClH/c1-14-5-7-15(8-6-14)12(16)10-3-2-4-11(13)9-10;/h2-4,9H,5-8H2,1H3;1H. The second-order valence-electron chi connectivity index (χ2n) is 4.11. The molecule has 1 aliphatic heterocycles. The molecule has 0 bridgehead atoms. The first kappa shape index (κ1) is 13.9. The Kier molecular flexibility index (Phi) is 4.90. The lowest BCUT2D eigenvalue weighted by Gasteiger charge is -2.32. The van der Waals surface area contributed by atoms with Gasteiger partial charge in [-0.2, -0.15) is 0 Å². The number of halogens is 2. The molecule has 0 aliphatic carbocycles. The topological polar surface area (TPSA) is 23.6 Å². The Morgan fingerprint density at radius 2 is 1.88 bits per heavy atom. The molecule has 0 aromatic heterocycles. The molecule has 0 saturated carbocycles. The van der Waals surface area contributed by atoms with Crippen molar-refractivity contribution in [3.8, 4) is 0 Å². The molecule has 1 amide bonds. The van der Waals surface area contributed by atoms with Crippen LogP contribution in [0.5, 0.6) is 0 Å². The first-order valence-corrected chi connectivity index (χ1v) is 5.40. The second-order valence-corrected chi connectivity index (χ2v) is 4.11. The number of piperazine rings is 1. The van der Waals surface area contributed by atoms with Crippen LogP contribution in [0.2, 0.25) is 0 Å². The summed E-state index contributed by atoms with van der Waals surface area (Å²) in [5.41, 5.74) is 0.435. The molecule has 2 rings (SSSR count). The monoisotopic (exact) mass is 258 g/mol. The van der Waals surface area contributed by atoms with Gasteiger partial charge in [0.05, 0.1) is 0 Å². The van der Waals surface area contributed by atoms with Crippen molar-refractivity contribution in [2.75, 3.05) is 33.2 Å². The minimum Gasteiger partial charge on any atom is -0.336 e. The summed E-state index contributed by atoms with van der Waals surface area (Å²) in [6.07, 6.45) is 0. The van der Waals surface area contributed by atoms with Gasteiger partial charge in [-0.05, 0) is 25.2 Å². The van der Waals surface area contributed by atoms with E-state index in [4.69, 9.17) is 0 Å². The average Bonchev–Trinajstić information content (AvgIpc) is 2.29. The van der Waals surface area contributed by atoms with Gasteiger partial charge in [-0.1, -0.05) is 6.07 Å². The fourth-order valence-electron chi connectivity index (χ4n) is 1.81. The van der Waals surface area contributed by atoms with Gasteiger partial charge in [0.1, 0.15) is 5.82 Å². The van der Waals surface area contributed by atoms with Crippen molar-refractivity contribution in [2.24, 2.45) is 0 Å². The number of likely N-dealkylation sites (N-methyl/N-ethyl adjacent to an activating group) is 1. The van der Waals surface area contributed by atoms with Crippen LogP contribution in [0.1, 0.15) is 10.4 Å². The van der Waals surface area contributed by atoms with Crippen LogP contribution < -0.4 is 0 Å². The maximum Gasteiger partial charge on any atom is 0.254 e. The zero-order chi connectivity index (χ0) is 11.5. The molecule has 0 radical (unpaired) electrons. The lowest BCUT2D eigenvalue weighted by atomic mass is 10.2. The zero-order valence-electron chi connectivity index (χ0n) is 9.73. The Hall–Kier alpha value is -1.13. The first-order chi connectivity index (χ1) is 7.66. The molecule has 94 valence electrons.